The van der Waals surface area contributed by atoms with Gasteiger partial charge in [0.1, 0.15) is 0 Å². The smallest absolute Gasteiger partial charge is 0.196 e. The number of carbonyl (C=O) groups is 2. The number of pyridine rings is 1. The predicted molar refractivity (Wildman–Crippen MR) is 138 cm³/mol. The molecular weight excluding hydrogens is 458 g/mol. The fourth-order valence-electron chi connectivity index (χ4n) is 5.43. The zero-order chi connectivity index (χ0) is 24.6. The summed E-state index contributed by atoms with van der Waals surface area (Å²) in [5.41, 5.74) is 3.36. The number of fused-ring (bicyclic) bond motifs is 1. The summed E-state index contributed by atoms with van der Waals surface area (Å²) in [6.45, 7) is 7.57. The van der Waals surface area contributed by atoms with Crippen LogP contribution >= 0.6 is 11.6 Å². The highest BCUT2D eigenvalue weighted by Crippen LogP contribution is 2.43. The third-order valence-electron chi connectivity index (χ3n) is 7.35. The Balaban J connectivity index is 1.53. The Bertz CT molecular complexity index is 1220. The number of ketones is 2. The Hall–Kier alpha value is -2.86. The molecule has 0 amide bonds. The van der Waals surface area contributed by atoms with Gasteiger partial charge in [0, 0.05) is 60.3 Å². The fraction of sp³-hybridized carbons (Fsp3) is 0.345. The molecule has 1 saturated heterocycles. The number of aryl methyl sites for hydroxylation is 2. The van der Waals surface area contributed by atoms with Gasteiger partial charge in [-0.1, -0.05) is 67.9 Å². The molecule has 0 spiro atoms. The highest BCUT2D eigenvalue weighted by atomic mass is 35.5. The molecule has 180 valence electrons. The molecule has 3 aromatic rings. The van der Waals surface area contributed by atoms with Gasteiger partial charge in [-0.2, -0.15) is 0 Å². The van der Waals surface area contributed by atoms with Crippen LogP contribution in [0.2, 0.25) is 5.02 Å². The first-order valence-corrected chi connectivity index (χ1v) is 12.8. The van der Waals surface area contributed by atoms with Gasteiger partial charge in [0.15, 0.2) is 17.1 Å². The molecule has 6 heteroatoms. The SMILES string of the molecule is CCc1cc(C2(N3CCN(Cc4ccccc4Cl)CC3)C(=O)c3ccccc3C2=O)cc(CC)n1. The predicted octanol–water partition coefficient (Wildman–Crippen LogP) is 4.95. The van der Waals surface area contributed by atoms with Crippen LogP contribution in [0, 0.1) is 0 Å². The molecule has 1 aliphatic carbocycles. The van der Waals surface area contributed by atoms with Crippen molar-refractivity contribution in [2.24, 2.45) is 0 Å². The number of aromatic nitrogens is 1. The van der Waals surface area contributed by atoms with E-state index in [1.807, 2.05) is 48.5 Å². The summed E-state index contributed by atoms with van der Waals surface area (Å²) in [5, 5.41) is 0.763. The number of carbonyl (C=O) groups excluding carboxylic acids is 2. The van der Waals surface area contributed by atoms with E-state index in [0.717, 1.165) is 60.0 Å². The summed E-state index contributed by atoms with van der Waals surface area (Å²) in [6, 6.07) is 19.1. The number of halogens is 1. The lowest BCUT2D eigenvalue weighted by atomic mass is 9.81. The van der Waals surface area contributed by atoms with Crippen LogP contribution in [-0.4, -0.2) is 52.5 Å². The van der Waals surface area contributed by atoms with Gasteiger partial charge in [0.05, 0.1) is 0 Å². The minimum Gasteiger partial charge on any atom is -0.296 e. The minimum atomic E-state index is -1.34. The van der Waals surface area contributed by atoms with Crippen molar-refractivity contribution in [3.63, 3.8) is 0 Å². The van der Waals surface area contributed by atoms with Gasteiger partial charge in [0.2, 0.25) is 0 Å². The molecule has 0 unspecified atom stereocenters. The Labute approximate surface area is 211 Å². The maximum absolute atomic E-state index is 14.1. The Morgan fingerprint density at radius 1 is 0.829 bits per heavy atom. The summed E-state index contributed by atoms with van der Waals surface area (Å²) in [5.74, 6) is -0.235. The number of hydrogen-bond acceptors (Lipinski definition) is 5. The van der Waals surface area contributed by atoms with Crippen molar-refractivity contribution in [1.82, 2.24) is 14.8 Å². The van der Waals surface area contributed by atoms with Crippen LogP contribution < -0.4 is 0 Å². The van der Waals surface area contributed by atoms with E-state index in [0.29, 0.717) is 24.2 Å². The van der Waals surface area contributed by atoms with Crippen molar-refractivity contribution >= 4 is 23.2 Å². The lowest BCUT2D eigenvalue weighted by Crippen LogP contribution is -2.60. The first-order chi connectivity index (χ1) is 17.0. The van der Waals surface area contributed by atoms with E-state index in [1.54, 1.807) is 12.1 Å². The number of Topliss-reactive ketones (excluding diaryl/α,β-unsaturated/α-hetero) is 2. The maximum Gasteiger partial charge on any atom is 0.196 e. The van der Waals surface area contributed by atoms with E-state index in [9.17, 15) is 9.59 Å². The second kappa shape index (κ2) is 9.65. The number of benzene rings is 2. The summed E-state index contributed by atoms with van der Waals surface area (Å²) in [7, 11) is 0. The van der Waals surface area contributed by atoms with Crippen LogP contribution in [0.4, 0.5) is 0 Å². The molecule has 5 rings (SSSR count). The molecule has 0 radical (unpaired) electrons. The van der Waals surface area contributed by atoms with E-state index in [4.69, 9.17) is 16.6 Å². The molecule has 1 aliphatic heterocycles. The summed E-state index contributed by atoms with van der Waals surface area (Å²) < 4.78 is 0. The van der Waals surface area contributed by atoms with Crippen molar-refractivity contribution in [3.05, 3.63) is 99.3 Å². The zero-order valence-electron chi connectivity index (χ0n) is 20.3. The van der Waals surface area contributed by atoms with E-state index < -0.39 is 5.54 Å². The molecule has 2 heterocycles. The van der Waals surface area contributed by atoms with Crippen LogP contribution in [0.3, 0.4) is 0 Å². The number of rotatable bonds is 6. The number of hydrogen-bond donors (Lipinski definition) is 0. The number of nitrogens with zero attached hydrogens (tertiary/aromatic N) is 3. The molecule has 0 saturated carbocycles. The molecule has 5 nitrogen and oxygen atoms in total. The summed E-state index contributed by atoms with van der Waals surface area (Å²) in [6.07, 6.45) is 1.50. The van der Waals surface area contributed by atoms with Crippen molar-refractivity contribution in [3.8, 4) is 0 Å². The minimum absolute atomic E-state index is 0.118. The van der Waals surface area contributed by atoms with Crippen LogP contribution in [-0.2, 0) is 24.9 Å². The quantitative estimate of drug-likeness (QED) is 0.460. The fourth-order valence-corrected chi connectivity index (χ4v) is 5.63. The zero-order valence-corrected chi connectivity index (χ0v) is 21.0. The third-order valence-corrected chi connectivity index (χ3v) is 7.71. The van der Waals surface area contributed by atoms with Crippen LogP contribution in [0.1, 0.15) is 57.1 Å². The molecule has 2 aliphatic rings. The van der Waals surface area contributed by atoms with Gasteiger partial charge in [-0.05, 0) is 42.2 Å². The second-order valence-corrected chi connectivity index (χ2v) is 9.72. The first-order valence-electron chi connectivity index (χ1n) is 12.4. The van der Waals surface area contributed by atoms with E-state index in [1.165, 1.54) is 0 Å². The maximum atomic E-state index is 14.1. The third kappa shape index (κ3) is 4.02. The molecule has 0 N–H and O–H groups in total. The monoisotopic (exact) mass is 487 g/mol. The molecule has 2 aromatic carbocycles. The Kier molecular flexibility index (Phi) is 6.58. The highest BCUT2D eigenvalue weighted by Gasteiger charge is 2.58. The lowest BCUT2D eigenvalue weighted by molar-refractivity contribution is 0.0278. The molecule has 0 bridgehead atoms. The Morgan fingerprint density at radius 3 is 1.91 bits per heavy atom. The van der Waals surface area contributed by atoms with Crippen molar-refractivity contribution in [2.75, 3.05) is 26.2 Å². The summed E-state index contributed by atoms with van der Waals surface area (Å²) in [4.78, 5) is 37.4. The number of piperazine rings is 1. The van der Waals surface area contributed by atoms with E-state index >= 15 is 0 Å². The average Bonchev–Trinajstić information content (AvgIpc) is 3.13. The van der Waals surface area contributed by atoms with Crippen LogP contribution in [0.5, 0.6) is 0 Å². The van der Waals surface area contributed by atoms with E-state index in [-0.39, 0.29) is 11.6 Å². The van der Waals surface area contributed by atoms with Crippen molar-refractivity contribution in [1.29, 1.82) is 0 Å². The van der Waals surface area contributed by atoms with Crippen LogP contribution in [0.25, 0.3) is 0 Å². The van der Waals surface area contributed by atoms with Gasteiger partial charge in [-0.15, -0.1) is 0 Å². The van der Waals surface area contributed by atoms with Crippen LogP contribution in [0.15, 0.2) is 60.7 Å². The molecule has 1 fully saturated rings. The first kappa shape index (κ1) is 23.9. The van der Waals surface area contributed by atoms with Crippen molar-refractivity contribution < 1.29 is 9.59 Å². The second-order valence-electron chi connectivity index (χ2n) is 9.31. The Morgan fingerprint density at radius 2 is 1.37 bits per heavy atom. The topological polar surface area (TPSA) is 53.5 Å². The lowest BCUT2D eigenvalue weighted by Gasteiger charge is -2.44. The van der Waals surface area contributed by atoms with Crippen molar-refractivity contribution in [2.45, 2.75) is 38.8 Å². The standard InChI is InChI=1S/C29H30ClN3O2/c1-3-22-17-21(18-23(4-2)31-22)29(27(34)24-10-6-7-11-25(24)28(29)35)33-15-13-32(14-16-33)19-20-9-5-8-12-26(20)30/h5-12,17-18H,3-4,13-16,19H2,1-2H3. The van der Waals surface area contributed by atoms with E-state index in [2.05, 4.69) is 23.6 Å². The average molecular weight is 488 g/mol. The van der Waals surface area contributed by atoms with Gasteiger partial charge < -0.3 is 0 Å². The van der Waals surface area contributed by atoms with Gasteiger partial charge >= 0.3 is 0 Å². The summed E-state index contributed by atoms with van der Waals surface area (Å²) >= 11 is 6.39. The molecule has 1 aromatic heterocycles. The normalized spacial score (nSPS) is 18.1. The molecule has 35 heavy (non-hydrogen) atoms. The van der Waals surface area contributed by atoms with Gasteiger partial charge in [0.25, 0.3) is 0 Å². The van der Waals surface area contributed by atoms with Gasteiger partial charge in [-0.25, -0.2) is 0 Å². The van der Waals surface area contributed by atoms with Gasteiger partial charge in [-0.3, -0.25) is 24.4 Å². The largest absolute Gasteiger partial charge is 0.296 e. The molecule has 0 atom stereocenters. The molecular formula is C29H30ClN3O2. The highest BCUT2D eigenvalue weighted by molar-refractivity contribution is 6.33.